The molecule has 0 unspecified atom stereocenters. The summed E-state index contributed by atoms with van der Waals surface area (Å²) < 4.78 is 5.22. The van der Waals surface area contributed by atoms with Gasteiger partial charge in [-0.25, -0.2) is 0 Å². The topological polar surface area (TPSA) is 21.6 Å². The maximum atomic E-state index is 6.68. The van der Waals surface area contributed by atoms with Crippen LogP contribution in [0.1, 0.15) is 25.7 Å². The molecular formula is C9H12NO-. The Morgan fingerprint density at radius 1 is 1.55 bits per heavy atom. The Kier molecular flexibility index (Phi) is 3.54. The Bertz CT molecular complexity index is 178. The fourth-order valence-corrected chi connectivity index (χ4v) is 1.02. The van der Waals surface area contributed by atoms with Gasteiger partial charge in [0.25, 0.3) is 0 Å². The average molecular weight is 150 g/mol. The molecule has 1 heterocycles. The molecule has 0 atom stereocenters. The summed E-state index contributed by atoms with van der Waals surface area (Å²) in [4.78, 5) is 4.16. The highest BCUT2D eigenvalue weighted by atomic mass is 16.5. The number of hydrogen-bond donors (Lipinski definition) is 0. The zero-order valence-electron chi connectivity index (χ0n) is 6.60. The second-order valence-electron chi connectivity index (χ2n) is 2.51. The van der Waals surface area contributed by atoms with Crippen LogP contribution < -0.4 is 0 Å². The van der Waals surface area contributed by atoms with Crippen LogP contribution in [-0.4, -0.2) is 19.0 Å². The summed E-state index contributed by atoms with van der Waals surface area (Å²) in [6, 6.07) is 0. The Morgan fingerprint density at radius 3 is 3.09 bits per heavy atom. The Balaban J connectivity index is 1.99. The molecule has 0 saturated carbocycles. The van der Waals surface area contributed by atoms with Crippen molar-refractivity contribution in [3.05, 3.63) is 6.42 Å². The van der Waals surface area contributed by atoms with Gasteiger partial charge in [-0.3, -0.25) is 4.99 Å². The smallest absolute Gasteiger partial charge is 0.183 e. The number of aliphatic imine (C=N–C) groups is 1. The molecule has 0 aromatic heterocycles. The molecular weight excluding hydrogens is 138 g/mol. The van der Waals surface area contributed by atoms with Gasteiger partial charge in [0, 0.05) is 6.42 Å². The molecule has 1 aliphatic heterocycles. The molecule has 0 fully saturated rings. The molecule has 11 heavy (non-hydrogen) atoms. The van der Waals surface area contributed by atoms with E-state index in [1.165, 1.54) is 0 Å². The van der Waals surface area contributed by atoms with Gasteiger partial charge in [0.2, 0.25) is 0 Å². The third-order valence-corrected chi connectivity index (χ3v) is 1.59. The third-order valence-electron chi connectivity index (χ3n) is 1.59. The Labute approximate surface area is 67.7 Å². The van der Waals surface area contributed by atoms with Gasteiger partial charge in [-0.2, -0.15) is 0 Å². The van der Waals surface area contributed by atoms with E-state index < -0.39 is 0 Å². The van der Waals surface area contributed by atoms with Gasteiger partial charge in [0.15, 0.2) is 5.90 Å². The van der Waals surface area contributed by atoms with Crippen molar-refractivity contribution in [1.82, 2.24) is 0 Å². The van der Waals surface area contributed by atoms with Gasteiger partial charge in [-0.15, -0.1) is 0 Å². The molecule has 2 heteroatoms. The fourth-order valence-electron chi connectivity index (χ4n) is 1.02. The summed E-state index contributed by atoms with van der Waals surface area (Å²) in [5.41, 5.74) is 0. The molecule has 2 nitrogen and oxygen atoms in total. The largest absolute Gasteiger partial charge is 0.694 e. The monoisotopic (exact) mass is 150 g/mol. The van der Waals surface area contributed by atoms with E-state index in [1.54, 1.807) is 0 Å². The lowest BCUT2D eigenvalue weighted by molar-refractivity contribution is 0.337. The maximum Gasteiger partial charge on any atom is 0.183 e. The van der Waals surface area contributed by atoms with E-state index >= 15 is 0 Å². The van der Waals surface area contributed by atoms with Crippen molar-refractivity contribution >= 4 is 5.90 Å². The zero-order valence-corrected chi connectivity index (χ0v) is 6.60. The van der Waals surface area contributed by atoms with Crippen molar-refractivity contribution in [3.8, 4) is 5.92 Å². The minimum Gasteiger partial charge on any atom is -0.694 e. The van der Waals surface area contributed by atoms with Crippen LogP contribution in [0.5, 0.6) is 0 Å². The van der Waals surface area contributed by atoms with Crippen molar-refractivity contribution in [1.29, 1.82) is 0 Å². The standard InChI is InChI=1S/C9H12NO/c1-2-3-4-5-6-9-10-7-8-11-9/h3-8H2/q-1. The lowest BCUT2D eigenvalue weighted by atomic mass is 10.2. The molecule has 0 N–H and O–H groups in total. The molecule has 0 aliphatic carbocycles. The molecule has 0 aromatic rings. The predicted octanol–water partition coefficient (Wildman–Crippen LogP) is 1.57. The fraction of sp³-hybridized carbons (Fsp3) is 0.667. The first-order valence-corrected chi connectivity index (χ1v) is 3.99. The Hall–Kier alpha value is -0.970. The first-order valence-electron chi connectivity index (χ1n) is 3.99. The van der Waals surface area contributed by atoms with Crippen molar-refractivity contribution in [2.24, 2.45) is 4.99 Å². The summed E-state index contributed by atoms with van der Waals surface area (Å²) in [7, 11) is 0. The van der Waals surface area contributed by atoms with Crippen LogP contribution >= 0.6 is 0 Å². The van der Waals surface area contributed by atoms with Crippen LogP contribution in [0.2, 0.25) is 0 Å². The molecule has 1 aliphatic rings. The van der Waals surface area contributed by atoms with Gasteiger partial charge < -0.3 is 17.1 Å². The Morgan fingerprint density at radius 2 is 2.45 bits per heavy atom. The zero-order chi connectivity index (χ0) is 7.94. The second kappa shape index (κ2) is 4.79. The minimum atomic E-state index is 0.756. The first-order chi connectivity index (χ1) is 5.43. The highest BCUT2D eigenvalue weighted by Gasteiger charge is 2.04. The lowest BCUT2D eigenvalue weighted by Crippen LogP contribution is -1.97. The van der Waals surface area contributed by atoms with E-state index in [2.05, 4.69) is 10.9 Å². The van der Waals surface area contributed by atoms with Crippen molar-refractivity contribution < 1.29 is 4.74 Å². The van der Waals surface area contributed by atoms with Crippen molar-refractivity contribution in [2.45, 2.75) is 25.7 Å². The van der Waals surface area contributed by atoms with E-state index in [0.29, 0.717) is 0 Å². The summed E-state index contributed by atoms with van der Waals surface area (Å²) in [6.07, 6.45) is 10.4. The molecule has 0 aromatic carbocycles. The van der Waals surface area contributed by atoms with E-state index in [0.717, 1.165) is 44.7 Å². The summed E-state index contributed by atoms with van der Waals surface area (Å²) in [5.74, 6) is 3.26. The number of unbranched alkanes of at least 4 members (excludes halogenated alkanes) is 2. The summed E-state index contributed by atoms with van der Waals surface area (Å²) in [6.45, 7) is 1.58. The average Bonchev–Trinajstić information content (AvgIpc) is 2.50. The molecule has 1 rings (SSSR count). The van der Waals surface area contributed by atoms with Crippen LogP contribution in [0.25, 0.3) is 0 Å². The number of ether oxygens (including phenoxy) is 1. The second-order valence-corrected chi connectivity index (χ2v) is 2.51. The molecule has 0 bridgehead atoms. The molecule has 60 valence electrons. The highest BCUT2D eigenvalue weighted by molar-refractivity contribution is 5.77. The number of rotatable bonds is 4. The first kappa shape index (κ1) is 8.13. The minimum absolute atomic E-state index is 0.756. The van der Waals surface area contributed by atoms with Crippen molar-refractivity contribution in [3.63, 3.8) is 0 Å². The number of nitrogens with zero attached hydrogens (tertiary/aromatic N) is 1. The van der Waals surface area contributed by atoms with Crippen molar-refractivity contribution in [2.75, 3.05) is 13.2 Å². The predicted molar refractivity (Wildman–Crippen MR) is 43.9 cm³/mol. The number of hydrogen-bond acceptors (Lipinski definition) is 2. The molecule has 0 spiro atoms. The summed E-state index contributed by atoms with van der Waals surface area (Å²) in [5, 5.41) is 0. The molecule has 0 radical (unpaired) electrons. The SMILES string of the molecule is [C-]#CCCCCC1=NCCO1. The lowest BCUT2D eigenvalue weighted by Gasteiger charge is -1.99. The van der Waals surface area contributed by atoms with Crippen LogP contribution in [0.3, 0.4) is 0 Å². The normalized spacial score (nSPS) is 15.4. The molecule has 0 saturated heterocycles. The van der Waals surface area contributed by atoms with Crippen LogP contribution in [0, 0.1) is 12.3 Å². The van der Waals surface area contributed by atoms with E-state index in [-0.39, 0.29) is 0 Å². The van der Waals surface area contributed by atoms with Gasteiger partial charge in [-0.1, -0.05) is 0 Å². The van der Waals surface area contributed by atoms with Crippen LogP contribution in [-0.2, 0) is 4.74 Å². The third kappa shape index (κ3) is 3.08. The van der Waals surface area contributed by atoms with E-state index in [1.807, 2.05) is 0 Å². The molecule has 0 amide bonds. The van der Waals surface area contributed by atoms with Gasteiger partial charge in [0.05, 0.1) is 6.54 Å². The van der Waals surface area contributed by atoms with Crippen LogP contribution in [0.4, 0.5) is 0 Å². The van der Waals surface area contributed by atoms with Gasteiger partial charge >= 0.3 is 0 Å². The summed E-state index contributed by atoms with van der Waals surface area (Å²) >= 11 is 0. The van der Waals surface area contributed by atoms with E-state index in [4.69, 9.17) is 11.2 Å². The van der Waals surface area contributed by atoms with E-state index in [9.17, 15) is 0 Å². The van der Waals surface area contributed by atoms with Gasteiger partial charge in [-0.05, 0) is 19.3 Å². The maximum absolute atomic E-state index is 6.68. The van der Waals surface area contributed by atoms with Gasteiger partial charge in [0.1, 0.15) is 6.61 Å². The quantitative estimate of drug-likeness (QED) is 0.338. The highest BCUT2D eigenvalue weighted by Crippen LogP contribution is 2.05. The van der Waals surface area contributed by atoms with Crippen LogP contribution in [0.15, 0.2) is 4.99 Å².